The van der Waals surface area contributed by atoms with Crippen LogP contribution in [0.3, 0.4) is 0 Å². The highest BCUT2D eigenvalue weighted by Crippen LogP contribution is 2.36. The van der Waals surface area contributed by atoms with Crippen molar-refractivity contribution in [2.24, 2.45) is 0 Å². The van der Waals surface area contributed by atoms with Crippen LogP contribution < -0.4 is 11.1 Å². The largest absolute Gasteiger partial charge is 0.378 e. The van der Waals surface area contributed by atoms with Gasteiger partial charge in [-0.15, -0.1) is 0 Å². The van der Waals surface area contributed by atoms with Crippen LogP contribution in [0.15, 0.2) is 10.7 Å². The molecule has 1 saturated heterocycles. The molecule has 1 aliphatic rings. The SMILES string of the molecule is CCS(=O)(=O)N1CCC(Nc2c(Br)cnc(N)c2[N+](=O)[O-])C1. The minimum atomic E-state index is -3.26. The number of sulfonamides is 1. The summed E-state index contributed by atoms with van der Waals surface area (Å²) in [5, 5.41) is 14.2. The zero-order valence-electron chi connectivity index (χ0n) is 11.8. The van der Waals surface area contributed by atoms with E-state index in [1.54, 1.807) is 6.92 Å². The Morgan fingerprint density at radius 1 is 1.64 bits per heavy atom. The maximum Gasteiger partial charge on any atom is 0.335 e. The summed E-state index contributed by atoms with van der Waals surface area (Å²) in [5.74, 6) is -0.155. The van der Waals surface area contributed by atoms with Crippen molar-refractivity contribution in [1.82, 2.24) is 9.29 Å². The molecule has 1 aliphatic heterocycles. The fourth-order valence-corrected chi connectivity index (χ4v) is 3.86. The third kappa shape index (κ3) is 3.31. The van der Waals surface area contributed by atoms with Gasteiger partial charge in [0.1, 0.15) is 5.69 Å². The summed E-state index contributed by atoms with van der Waals surface area (Å²) in [4.78, 5) is 14.3. The smallest absolute Gasteiger partial charge is 0.335 e. The Balaban J connectivity index is 2.23. The van der Waals surface area contributed by atoms with Crippen molar-refractivity contribution in [3.05, 3.63) is 20.8 Å². The molecule has 2 heterocycles. The molecule has 0 amide bonds. The predicted octanol–water partition coefficient (Wildman–Crippen LogP) is 1.17. The first kappa shape index (κ1) is 16.9. The second-order valence-corrected chi connectivity index (χ2v) is 7.97. The third-order valence-corrected chi connectivity index (χ3v) is 5.92. The normalized spacial score (nSPS) is 19.3. The molecule has 1 unspecified atom stereocenters. The summed E-state index contributed by atoms with van der Waals surface area (Å²) in [7, 11) is -3.26. The minimum Gasteiger partial charge on any atom is -0.378 e. The Labute approximate surface area is 136 Å². The van der Waals surface area contributed by atoms with Crippen LogP contribution in [0.5, 0.6) is 0 Å². The first-order valence-electron chi connectivity index (χ1n) is 6.59. The molecule has 3 N–H and O–H groups in total. The molecule has 0 radical (unpaired) electrons. The molecule has 2 rings (SSSR count). The van der Waals surface area contributed by atoms with Crippen LogP contribution in [0, 0.1) is 10.1 Å². The Kier molecular flexibility index (Phi) is 4.87. The van der Waals surface area contributed by atoms with E-state index in [1.807, 2.05) is 0 Å². The lowest BCUT2D eigenvalue weighted by Crippen LogP contribution is -2.32. The van der Waals surface area contributed by atoms with E-state index in [1.165, 1.54) is 10.5 Å². The molecular weight excluding hydrogens is 378 g/mol. The van der Waals surface area contributed by atoms with Gasteiger partial charge in [0.15, 0.2) is 0 Å². The number of aromatic nitrogens is 1. The van der Waals surface area contributed by atoms with Crippen LogP contribution >= 0.6 is 15.9 Å². The van der Waals surface area contributed by atoms with Crippen molar-refractivity contribution >= 4 is 43.1 Å². The van der Waals surface area contributed by atoms with Gasteiger partial charge in [-0.25, -0.2) is 13.4 Å². The van der Waals surface area contributed by atoms with Crippen LogP contribution in [-0.4, -0.2) is 47.5 Å². The lowest BCUT2D eigenvalue weighted by Gasteiger charge is -2.17. The van der Waals surface area contributed by atoms with Gasteiger partial charge in [-0.05, 0) is 29.3 Å². The van der Waals surface area contributed by atoms with Gasteiger partial charge in [0.25, 0.3) is 0 Å². The highest BCUT2D eigenvalue weighted by atomic mass is 79.9. The summed E-state index contributed by atoms with van der Waals surface area (Å²) >= 11 is 3.21. The zero-order valence-corrected chi connectivity index (χ0v) is 14.2. The number of halogens is 1. The van der Waals surface area contributed by atoms with Crippen LogP contribution in [0.25, 0.3) is 0 Å². The van der Waals surface area contributed by atoms with Crippen LogP contribution in [0.1, 0.15) is 13.3 Å². The topological polar surface area (TPSA) is 131 Å². The van der Waals surface area contributed by atoms with Gasteiger partial charge < -0.3 is 11.1 Å². The molecule has 1 aromatic heterocycles. The second kappa shape index (κ2) is 6.34. The molecule has 1 aromatic rings. The van der Waals surface area contributed by atoms with Crippen molar-refractivity contribution in [2.45, 2.75) is 19.4 Å². The molecule has 9 nitrogen and oxygen atoms in total. The van der Waals surface area contributed by atoms with E-state index in [2.05, 4.69) is 26.2 Å². The van der Waals surface area contributed by atoms with Gasteiger partial charge in [-0.2, -0.15) is 4.31 Å². The zero-order chi connectivity index (χ0) is 16.5. The van der Waals surface area contributed by atoms with Gasteiger partial charge in [-0.3, -0.25) is 10.1 Å². The fourth-order valence-electron chi connectivity index (χ4n) is 2.30. The van der Waals surface area contributed by atoms with Crippen molar-refractivity contribution in [3.8, 4) is 0 Å². The summed E-state index contributed by atoms with van der Waals surface area (Å²) in [5.41, 5.74) is 5.47. The van der Waals surface area contributed by atoms with Gasteiger partial charge in [-0.1, -0.05) is 0 Å². The standard InChI is InChI=1S/C11H16BrN5O4S/c1-2-22(20,21)16-4-3-7(6-16)15-9-8(12)5-14-11(13)10(9)17(18)19/h5,7H,2-4,6H2,1H3,(H3,13,14,15). The minimum absolute atomic E-state index is 0.0335. The number of nitrogens with zero attached hydrogens (tertiary/aromatic N) is 3. The molecule has 11 heteroatoms. The number of nitrogens with two attached hydrogens (primary N) is 1. The number of nitro groups is 1. The Morgan fingerprint density at radius 2 is 2.32 bits per heavy atom. The fraction of sp³-hybridized carbons (Fsp3) is 0.545. The van der Waals surface area contributed by atoms with Crippen molar-refractivity contribution in [1.29, 1.82) is 0 Å². The molecule has 0 saturated carbocycles. The molecule has 1 atom stereocenters. The monoisotopic (exact) mass is 393 g/mol. The molecule has 0 bridgehead atoms. The number of nitrogen functional groups attached to an aromatic ring is 1. The average molecular weight is 394 g/mol. The first-order valence-corrected chi connectivity index (χ1v) is 8.99. The summed E-state index contributed by atoms with van der Waals surface area (Å²) in [6.45, 7) is 2.24. The number of nitrogens with one attached hydrogen (secondary N) is 1. The van der Waals surface area contributed by atoms with Crippen molar-refractivity contribution in [2.75, 3.05) is 29.9 Å². The van der Waals surface area contributed by atoms with Gasteiger partial charge in [0, 0.05) is 25.3 Å². The van der Waals surface area contributed by atoms with E-state index in [4.69, 9.17) is 5.73 Å². The summed E-state index contributed by atoms with van der Waals surface area (Å²) in [6, 6.07) is -0.224. The summed E-state index contributed by atoms with van der Waals surface area (Å²) in [6.07, 6.45) is 1.94. The first-order chi connectivity index (χ1) is 10.3. The van der Waals surface area contributed by atoms with E-state index in [0.717, 1.165) is 0 Å². The highest BCUT2D eigenvalue weighted by molar-refractivity contribution is 9.10. The highest BCUT2D eigenvalue weighted by Gasteiger charge is 2.32. The Bertz CT molecular complexity index is 696. The lowest BCUT2D eigenvalue weighted by molar-refractivity contribution is -0.383. The van der Waals surface area contributed by atoms with Crippen molar-refractivity contribution < 1.29 is 13.3 Å². The van der Waals surface area contributed by atoms with Crippen LogP contribution in [-0.2, 0) is 10.0 Å². The molecule has 1 fully saturated rings. The van der Waals surface area contributed by atoms with Gasteiger partial charge in [0.05, 0.1) is 15.1 Å². The summed E-state index contributed by atoms with van der Waals surface area (Å²) < 4.78 is 25.5. The molecule has 0 aliphatic carbocycles. The maximum atomic E-state index is 11.8. The van der Waals surface area contributed by atoms with E-state index >= 15 is 0 Å². The number of rotatable bonds is 5. The van der Waals surface area contributed by atoms with Crippen LogP contribution in [0.4, 0.5) is 17.2 Å². The number of anilines is 2. The molecular formula is C11H16BrN5O4S. The second-order valence-electron chi connectivity index (χ2n) is 4.86. The van der Waals surface area contributed by atoms with E-state index < -0.39 is 14.9 Å². The third-order valence-electron chi connectivity index (χ3n) is 3.48. The number of pyridine rings is 1. The molecule has 122 valence electrons. The lowest BCUT2D eigenvalue weighted by atomic mass is 10.2. The number of hydrogen-bond donors (Lipinski definition) is 2. The van der Waals surface area contributed by atoms with Crippen molar-refractivity contribution in [3.63, 3.8) is 0 Å². The van der Waals surface area contributed by atoms with Gasteiger partial charge >= 0.3 is 5.69 Å². The number of hydrogen-bond acceptors (Lipinski definition) is 7. The van der Waals surface area contributed by atoms with E-state index in [9.17, 15) is 18.5 Å². The quantitative estimate of drug-likeness (QED) is 0.566. The van der Waals surface area contributed by atoms with E-state index in [-0.39, 0.29) is 35.5 Å². The van der Waals surface area contributed by atoms with E-state index in [0.29, 0.717) is 17.4 Å². The average Bonchev–Trinajstić information content (AvgIpc) is 2.92. The molecule has 22 heavy (non-hydrogen) atoms. The maximum absolute atomic E-state index is 11.8. The Morgan fingerprint density at radius 3 is 2.91 bits per heavy atom. The van der Waals surface area contributed by atoms with Crippen LogP contribution in [0.2, 0.25) is 0 Å². The predicted molar refractivity (Wildman–Crippen MR) is 86.1 cm³/mol. The Hall–Kier alpha value is -1.46. The molecule has 0 spiro atoms. The molecule has 0 aromatic carbocycles. The van der Waals surface area contributed by atoms with Gasteiger partial charge in [0.2, 0.25) is 15.8 Å².